The van der Waals surface area contributed by atoms with Gasteiger partial charge >= 0.3 is 0 Å². The van der Waals surface area contributed by atoms with Crippen molar-refractivity contribution in [3.05, 3.63) is 0 Å². The summed E-state index contributed by atoms with van der Waals surface area (Å²) in [5.74, 6) is 0. The number of hydrogen-bond donors (Lipinski definition) is 0. The van der Waals surface area contributed by atoms with Crippen LogP contribution in [-0.4, -0.2) is 73.2 Å². The molecule has 0 aromatic heterocycles. The molecule has 17 heavy (non-hydrogen) atoms. The molecule has 0 saturated carbocycles. The number of hydrogen-bond acceptors (Lipinski definition) is 6. The lowest BCUT2D eigenvalue weighted by Gasteiger charge is -2.26. The van der Waals surface area contributed by atoms with Crippen LogP contribution >= 0.6 is 21.6 Å². The van der Waals surface area contributed by atoms with E-state index in [1.807, 2.05) is 10.8 Å². The second kappa shape index (κ2) is 6.87. The highest BCUT2D eigenvalue weighted by Crippen LogP contribution is 2.38. The molecule has 100 valence electrons. The Morgan fingerprint density at radius 1 is 1.24 bits per heavy atom. The van der Waals surface area contributed by atoms with Crippen LogP contribution in [0.2, 0.25) is 0 Å². The molecule has 0 amide bonds. The Balaban J connectivity index is 2.47. The Hall–Kier alpha value is 0.0900. The molecule has 0 radical (unpaired) electrons. The highest BCUT2D eigenvalue weighted by atomic mass is 33.1. The third-order valence-corrected chi connectivity index (χ3v) is 5.42. The maximum atomic E-state index is 4.72. The van der Waals surface area contributed by atoms with E-state index in [1.165, 1.54) is 6.42 Å². The van der Waals surface area contributed by atoms with Crippen LogP contribution in [0.5, 0.6) is 0 Å². The average molecular weight is 276 g/mol. The average Bonchev–Trinajstić information content (AvgIpc) is 2.73. The summed E-state index contributed by atoms with van der Waals surface area (Å²) in [4.78, 5) is 11.4. The van der Waals surface area contributed by atoms with E-state index in [0.717, 1.165) is 11.7 Å². The molecule has 0 fully saturated rings. The first kappa shape index (κ1) is 15.1. The van der Waals surface area contributed by atoms with Crippen molar-refractivity contribution in [3.63, 3.8) is 0 Å². The van der Waals surface area contributed by atoms with Crippen LogP contribution in [0.15, 0.2) is 4.99 Å². The number of amidine groups is 1. The summed E-state index contributed by atoms with van der Waals surface area (Å²) in [6, 6.07) is 0.533. The summed E-state index contributed by atoms with van der Waals surface area (Å²) in [7, 11) is 14.1. The van der Waals surface area contributed by atoms with Crippen molar-refractivity contribution in [1.29, 1.82) is 0 Å². The molecule has 1 heterocycles. The van der Waals surface area contributed by atoms with E-state index in [2.05, 4.69) is 56.9 Å². The second-order valence-corrected chi connectivity index (χ2v) is 7.16. The highest BCUT2D eigenvalue weighted by Gasteiger charge is 2.25. The number of nitrogens with zero attached hydrogens (tertiary/aromatic N) is 4. The molecule has 2 atom stereocenters. The van der Waals surface area contributed by atoms with Gasteiger partial charge in [-0.1, -0.05) is 0 Å². The summed E-state index contributed by atoms with van der Waals surface area (Å²) in [6.07, 6.45) is 1.17. The van der Waals surface area contributed by atoms with Crippen molar-refractivity contribution in [2.24, 2.45) is 4.99 Å². The molecule has 0 aliphatic carbocycles. The molecule has 0 spiro atoms. The molecule has 1 rings (SSSR count). The second-order valence-electron chi connectivity index (χ2n) is 4.93. The van der Waals surface area contributed by atoms with Gasteiger partial charge in [0, 0.05) is 13.1 Å². The summed E-state index contributed by atoms with van der Waals surface area (Å²) < 4.78 is 0. The molecule has 1 aliphatic rings. The molecule has 1 aliphatic heterocycles. The van der Waals surface area contributed by atoms with Gasteiger partial charge < -0.3 is 9.80 Å². The smallest absolute Gasteiger partial charge is 0.172 e. The fraction of sp³-hybridized carbons (Fsp3) is 0.909. The summed E-state index contributed by atoms with van der Waals surface area (Å²) >= 11 is 0. The van der Waals surface area contributed by atoms with Gasteiger partial charge in [0.15, 0.2) is 10.7 Å². The molecule has 2 unspecified atom stereocenters. The van der Waals surface area contributed by atoms with E-state index in [4.69, 9.17) is 4.99 Å². The molecule has 0 aromatic rings. The normalized spacial score (nSPS) is 22.1. The van der Waals surface area contributed by atoms with Gasteiger partial charge in [0.25, 0.3) is 0 Å². The van der Waals surface area contributed by atoms with Crippen LogP contribution in [0.25, 0.3) is 0 Å². The van der Waals surface area contributed by atoms with Crippen LogP contribution in [0.3, 0.4) is 0 Å². The van der Waals surface area contributed by atoms with E-state index >= 15 is 0 Å². The Kier molecular flexibility index (Phi) is 6.12. The van der Waals surface area contributed by atoms with Gasteiger partial charge in [0.1, 0.15) is 0 Å². The lowest BCUT2D eigenvalue weighted by molar-refractivity contribution is 0.312. The maximum Gasteiger partial charge on any atom is 0.172 e. The van der Waals surface area contributed by atoms with Crippen molar-refractivity contribution < 1.29 is 0 Å². The monoisotopic (exact) mass is 276 g/mol. The van der Waals surface area contributed by atoms with Crippen molar-refractivity contribution in [1.82, 2.24) is 14.7 Å². The minimum atomic E-state index is 0.262. The number of aliphatic imine (C=N–C) groups is 1. The molecule has 4 nitrogen and oxygen atoms in total. The zero-order chi connectivity index (χ0) is 13.0. The maximum absolute atomic E-state index is 4.72. The Bertz CT molecular complexity index is 268. The zero-order valence-electron chi connectivity index (χ0n) is 11.7. The fourth-order valence-corrected chi connectivity index (χ4v) is 4.04. The summed E-state index contributed by atoms with van der Waals surface area (Å²) in [5.41, 5.74) is 0.262. The van der Waals surface area contributed by atoms with Gasteiger partial charge in [0.05, 0.1) is 0 Å². The quantitative estimate of drug-likeness (QED) is 0.713. The molecular formula is C11H24N4S2. The van der Waals surface area contributed by atoms with Crippen LogP contribution in [0, 0.1) is 0 Å². The largest absolute Gasteiger partial charge is 0.351 e. The summed E-state index contributed by atoms with van der Waals surface area (Å²) in [5, 5.41) is 1.15. The Morgan fingerprint density at radius 2 is 1.88 bits per heavy atom. The van der Waals surface area contributed by atoms with Crippen LogP contribution < -0.4 is 0 Å². The first-order valence-electron chi connectivity index (χ1n) is 5.87. The minimum Gasteiger partial charge on any atom is -0.351 e. The molecular weight excluding hydrogens is 252 g/mol. The van der Waals surface area contributed by atoms with E-state index < -0.39 is 0 Å². The van der Waals surface area contributed by atoms with Gasteiger partial charge in [-0.3, -0.25) is 4.90 Å². The van der Waals surface area contributed by atoms with Crippen LogP contribution in [0.4, 0.5) is 0 Å². The number of rotatable bonds is 5. The summed E-state index contributed by atoms with van der Waals surface area (Å²) in [6.45, 7) is 3.38. The fourth-order valence-electron chi connectivity index (χ4n) is 1.40. The van der Waals surface area contributed by atoms with Crippen LogP contribution in [-0.2, 0) is 0 Å². The van der Waals surface area contributed by atoms with E-state index in [1.54, 1.807) is 10.8 Å². The third-order valence-electron chi connectivity index (χ3n) is 2.83. The minimum absolute atomic E-state index is 0.262. The first-order chi connectivity index (χ1) is 7.91. The van der Waals surface area contributed by atoms with E-state index in [0.29, 0.717) is 6.04 Å². The predicted molar refractivity (Wildman–Crippen MR) is 80.5 cm³/mol. The molecule has 0 N–H and O–H groups in total. The lowest BCUT2D eigenvalue weighted by atomic mass is 10.2. The van der Waals surface area contributed by atoms with Crippen molar-refractivity contribution in [2.75, 3.05) is 41.8 Å². The van der Waals surface area contributed by atoms with Gasteiger partial charge in [-0.2, -0.15) is 0 Å². The first-order valence-corrected chi connectivity index (χ1v) is 8.08. The Labute approximate surface area is 113 Å². The molecule has 0 bridgehead atoms. The molecule has 0 saturated heterocycles. The van der Waals surface area contributed by atoms with E-state index in [9.17, 15) is 0 Å². The Morgan fingerprint density at radius 3 is 2.35 bits per heavy atom. The lowest BCUT2D eigenvalue weighted by Crippen LogP contribution is -2.35. The highest BCUT2D eigenvalue weighted by molar-refractivity contribution is 8.82. The SMILES string of the molecule is CC(CCN(C)C)N(C)C1=NC(N(C)C)SS1. The van der Waals surface area contributed by atoms with Gasteiger partial charge in [-0.25, -0.2) is 4.99 Å². The van der Waals surface area contributed by atoms with Gasteiger partial charge in [0.2, 0.25) is 0 Å². The molecule has 0 aromatic carbocycles. The van der Waals surface area contributed by atoms with Crippen molar-refractivity contribution in [3.8, 4) is 0 Å². The van der Waals surface area contributed by atoms with Crippen molar-refractivity contribution >= 4 is 26.8 Å². The topological polar surface area (TPSA) is 22.1 Å². The predicted octanol–water partition coefficient (Wildman–Crippen LogP) is 1.85. The van der Waals surface area contributed by atoms with E-state index in [-0.39, 0.29) is 5.50 Å². The zero-order valence-corrected chi connectivity index (χ0v) is 13.3. The van der Waals surface area contributed by atoms with Gasteiger partial charge in [-0.15, -0.1) is 0 Å². The van der Waals surface area contributed by atoms with Crippen molar-refractivity contribution in [2.45, 2.75) is 24.9 Å². The standard InChI is InChI=1S/C11H24N4S2/c1-9(7-8-13(2)3)15(6)11-12-10(14(4)5)16-17-11/h9-10H,7-8H2,1-6H3. The molecule has 6 heteroatoms. The third kappa shape index (κ3) is 4.69. The van der Waals surface area contributed by atoms with Gasteiger partial charge in [-0.05, 0) is 69.7 Å². The van der Waals surface area contributed by atoms with Crippen LogP contribution in [0.1, 0.15) is 13.3 Å².